The molecule has 2 N–H and O–H groups in total. The average Bonchev–Trinajstić information content (AvgIpc) is 2.70. The third kappa shape index (κ3) is 5.23. The minimum absolute atomic E-state index is 0.352. The van der Waals surface area contributed by atoms with Crippen LogP contribution in [0.25, 0.3) is 0 Å². The molecule has 0 saturated heterocycles. The zero-order valence-corrected chi connectivity index (χ0v) is 10.7. The lowest BCUT2D eigenvalue weighted by molar-refractivity contribution is 0.282. The Balaban J connectivity index is 1.95. The standard InChI is InChI=1S/C12H25NOS/c1-15-12-8-6-7-11(12)13-9-4-2-3-5-10-14/h11-14H,2-10H2,1H3. The summed E-state index contributed by atoms with van der Waals surface area (Å²) in [7, 11) is 0. The Bertz CT molecular complexity index is 155. The Morgan fingerprint density at radius 2 is 2.00 bits per heavy atom. The van der Waals surface area contributed by atoms with Crippen LogP contribution in [0.1, 0.15) is 44.9 Å². The molecule has 0 bridgehead atoms. The molecular weight excluding hydrogens is 206 g/mol. The maximum absolute atomic E-state index is 8.64. The van der Waals surface area contributed by atoms with Crippen LogP contribution in [0.5, 0.6) is 0 Å². The molecule has 1 fully saturated rings. The van der Waals surface area contributed by atoms with Gasteiger partial charge in [-0.15, -0.1) is 0 Å². The van der Waals surface area contributed by atoms with Crippen LogP contribution in [0.2, 0.25) is 0 Å². The smallest absolute Gasteiger partial charge is 0.0431 e. The van der Waals surface area contributed by atoms with Crippen LogP contribution in [0.4, 0.5) is 0 Å². The molecule has 1 aliphatic carbocycles. The first-order valence-corrected chi connectivity index (χ1v) is 7.54. The Morgan fingerprint density at radius 3 is 2.73 bits per heavy atom. The summed E-state index contributed by atoms with van der Waals surface area (Å²) < 4.78 is 0. The van der Waals surface area contributed by atoms with Gasteiger partial charge in [0.15, 0.2) is 0 Å². The van der Waals surface area contributed by atoms with E-state index in [9.17, 15) is 0 Å². The van der Waals surface area contributed by atoms with Gasteiger partial charge in [0, 0.05) is 17.9 Å². The van der Waals surface area contributed by atoms with Gasteiger partial charge in [-0.2, -0.15) is 11.8 Å². The highest BCUT2D eigenvalue weighted by Crippen LogP contribution is 2.28. The second kappa shape index (κ2) is 8.43. The van der Waals surface area contributed by atoms with Crippen molar-refractivity contribution in [3.05, 3.63) is 0 Å². The fourth-order valence-corrected chi connectivity index (χ4v) is 3.28. The van der Waals surface area contributed by atoms with Crippen molar-refractivity contribution in [2.75, 3.05) is 19.4 Å². The molecule has 1 aliphatic rings. The number of hydrogen-bond donors (Lipinski definition) is 2. The van der Waals surface area contributed by atoms with Crippen molar-refractivity contribution in [1.29, 1.82) is 0 Å². The monoisotopic (exact) mass is 231 g/mol. The first kappa shape index (κ1) is 13.3. The van der Waals surface area contributed by atoms with Crippen LogP contribution in [0.3, 0.4) is 0 Å². The normalized spacial score (nSPS) is 26.0. The predicted molar refractivity (Wildman–Crippen MR) is 68.5 cm³/mol. The predicted octanol–water partition coefficient (Wildman–Crippen LogP) is 2.41. The highest BCUT2D eigenvalue weighted by molar-refractivity contribution is 7.99. The third-order valence-corrected chi connectivity index (χ3v) is 4.42. The fourth-order valence-electron chi connectivity index (χ4n) is 2.32. The zero-order valence-electron chi connectivity index (χ0n) is 9.87. The van der Waals surface area contributed by atoms with E-state index >= 15 is 0 Å². The van der Waals surface area contributed by atoms with E-state index in [4.69, 9.17) is 5.11 Å². The number of thioether (sulfide) groups is 1. The van der Waals surface area contributed by atoms with Crippen molar-refractivity contribution in [3.63, 3.8) is 0 Å². The Hall–Kier alpha value is 0.270. The molecule has 2 nitrogen and oxygen atoms in total. The van der Waals surface area contributed by atoms with Crippen molar-refractivity contribution in [3.8, 4) is 0 Å². The molecule has 0 aromatic heterocycles. The second-order valence-corrected chi connectivity index (χ2v) is 5.48. The van der Waals surface area contributed by atoms with Crippen LogP contribution in [0.15, 0.2) is 0 Å². The summed E-state index contributed by atoms with van der Waals surface area (Å²) in [6, 6.07) is 0.762. The number of aliphatic hydroxyl groups is 1. The largest absolute Gasteiger partial charge is 0.396 e. The summed E-state index contributed by atoms with van der Waals surface area (Å²) in [5.41, 5.74) is 0. The summed E-state index contributed by atoms with van der Waals surface area (Å²) in [5, 5.41) is 13.2. The van der Waals surface area contributed by atoms with Gasteiger partial charge in [0.2, 0.25) is 0 Å². The van der Waals surface area contributed by atoms with E-state index in [0.29, 0.717) is 6.61 Å². The van der Waals surface area contributed by atoms with Crippen LogP contribution in [-0.2, 0) is 0 Å². The van der Waals surface area contributed by atoms with Gasteiger partial charge in [-0.05, 0) is 38.5 Å². The summed E-state index contributed by atoms with van der Waals surface area (Å²) >= 11 is 2.02. The lowest BCUT2D eigenvalue weighted by atomic mass is 10.2. The van der Waals surface area contributed by atoms with E-state index in [1.54, 1.807) is 0 Å². The van der Waals surface area contributed by atoms with Crippen LogP contribution in [0, 0.1) is 0 Å². The number of hydrogen-bond acceptors (Lipinski definition) is 3. The Labute approximate surface area is 98.2 Å². The van der Waals surface area contributed by atoms with Crippen LogP contribution >= 0.6 is 11.8 Å². The molecule has 15 heavy (non-hydrogen) atoms. The van der Waals surface area contributed by atoms with Crippen molar-refractivity contribution >= 4 is 11.8 Å². The van der Waals surface area contributed by atoms with Gasteiger partial charge in [-0.3, -0.25) is 0 Å². The molecule has 1 saturated carbocycles. The number of nitrogens with one attached hydrogen (secondary N) is 1. The number of aliphatic hydroxyl groups excluding tert-OH is 1. The minimum atomic E-state index is 0.352. The van der Waals surface area contributed by atoms with Crippen LogP contribution in [-0.4, -0.2) is 35.8 Å². The van der Waals surface area contributed by atoms with Gasteiger partial charge in [0.05, 0.1) is 0 Å². The van der Waals surface area contributed by atoms with Gasteiger partial charge < -0.3 is 10.4 Å². The second-order valence-electron chi connectivity index (χ2n) is 4.40. The quantitative estimate of drug-likeness (QED) is 0.629. The zero-order chi connectivity index (χ0) is 10.9. The van der Waals surface area contributed by atoms with E-state index in [0.717, 1.165) is 24.3 Å². The van der Waals surface area contributed by atoms with Crippen molar-refractivity contribution in [1.82, 2.24) is 5.32 Å². The molecule has 0 aliphatic heterocycles. The SMILES string of the molecule is CSC1CCCC1NCCCCCCO. The fraction of sp³-hybridized carbons (Fsp3) is 1.00. The van der Waals surface area contributed by atoms with E-state index in [1.165, 1.54) is 38.5 Å². The topological polar surface area (TPSA) is 32.3 Å². The van der Waals surface area contributed by atoms with Gasteiger partial charge in [0.1, 0.15) is 0 Å². The molecule has 2 atom stereocenters. The molecule has 0 aromatic carbocycles. The molecule has 0 heterocycles. The molecule has 0 spiro atoms. The van der Waals surface area contributed by atoms with Gasteiger partial charge in [-0.25, -0.2) is 0 Å². The van der Waals surface area contributed by atoms with Crippen molar-refractivity contribution < 1.29 is 5.11 Å². The summed E-state index contributed by atoms with van der Waals surface area (Å²) in [5.74, 6) is 0. The molecule has 2 unspecified atom stereocenters. The van der Waals surface area contributed by atoms with E-state index < -0.39 is 0 Å². The van der Waals surface area contributed by atoms with Gasteiger partial charge >= 0.3 is 0 Å². The van der Waals surface area contributed by atoms with E-state index in [-0.39, 0.29) is 0 Å². The van der Waals surface area contributed by atoms with Crippen LogP contribution < -0.4 is 5.32 Å². The number of rotatable bonds is 8. The number of unbranched alkanes of at least 4 members (excludes halogenated alkanes) is 3. The minimum Gasteiger partial charge on any atom is -0.396 e. The first-order valence-electron chi connectivity index (χ1n) is 6.25. The average molecular weight is 231 g/mol. The molecule has 0 radical (unpaired) electrons. The maximum Gasteiger partial charge on any atom is 0.0431 e. The van der Waals surface area contributed by atoms with Gasteiger partial charge in [-0.1, -0.05) is 19.3 Å². The van der Waals surface area contributed by atoms with E-state index in [1.807, 2.05) is 11.8 Å². The maximum atomic E-state index is 8.64. The molecular formula is C12H25NOS. The van der Waals surface area contributed by atoms with Gasteiger partial charge in [0.25, 0.3) is 0 Å². The highest BCUT2D eigenvalue weighted by Gasteiger charge is 2.25. The lowest BCUT2D eigenvalue weighted by Gasteiger charge is -2.19. The molecule has 3 heteroatoms. The Morgan fingerprint density at radius 1 is 1.20 bits per heavy atom. The van der Waals surface area contributed by atoms with Crippen molar-refractivity contribution in [2.24, 2.45) is 0 Å². The molecule has 90 valence electrons. The first-order chi connectivity index (χ1) is 7.38. The summed E-state index contributed by atoms with van der Waals surface area (Å²) in [4.78, 5) is 0. The van der Waals surface area contributed by atoms with E-state index in [2.05, 4.69) is 11.6 Å². The Kier molecular flexibility index (Phi) is 7.49. The third-order valence-electron chi connectivity index (χ3n) is 3.25. The summed E-state index contributed by atoms with van der Waals surface area (Å²) in [6.07, 6.45) is 11.0. The molecule has 0 aromatic rings. The highest BCUT2D eigenvalue weighted by atomic mass is 32.2. The summed E-state index contributed by atoms with van der Waals surface area (Å²) in [6.45, 7) is 1.51. The molecule has 1 rings (SSSR count). The molecule has 0 amide bonds. The van der Waals surface area contributed by atoms with Crippen molar-refractivity contribution in [2.45, 2.75) is 56.2 Å². The lowest BCUT2D eigenvalue weighted by Crippen LogP contribution is -2.34.